The van der Waals surface area contributed by atoms with E-state index in [2.05, 4.69) is 4.79 Å². The van der Waals surface area contributed by atoms with E-state index in [1.54, 1.807) is 37.4 Å². The van der Waals surface area contributed by atoms with Crippen molar-refractivity contribution >= 4 is 41.1 Å². The molecule has 5 nitrogen and oxygen atoms in total. The Labute approximate surface area is 136 Å². The average molecular weight is 334 g/mol. The summed E-state index contributed by atoms with van der Waals surface area (Å²) < 4.78 is 1.51. The minimum atomic E-state index is -0.476. The normalized spacial score (nSPS) is 10.1. The molecule has 0 saturated carbocycles. The Morgan fingerprint density at radius 1 is 1.32 bits per heavy atom. The number of nitrogens with zero attached hydrogens (tertiary/aromatic N) is 3. The van der Waals surface area contributed by atoms with Crippen LogP contribution in [0.4, 0.5) is 0 Å². The smallest absolute Gasteiger partial charge is 0.329 e. The van der Waals surface area contributed by atoms with E-state index in [1.165, 1.54) is 16.3 Å². The molecular formula is C15H12ClN3O2S. The molecule has 1 aromatic carbocycles. The number of carbonyl (C=O) groups excluding carboxylic acids is 2. The van der Waals surface area contributed by atoms with Crippen LogP contribution in [-0.2, 0) is 7.05 Å². The standard InChI is InChI=1S/C15H12ClN3O2S/c1-19-11(12(20)8-18-17)7-13(22-2)14(19)15(21)9-3-5-10(16)6-4-9/h3-8H,1-2H3. The van der Waals surface area contributed by atoms with Crippen molar-refractivity contribution < 1.29 is 14.4 Å². The highest BCUT2D eigenvalue weighted by atomic mass is 35.5. The molecule has 1 aromatic heterocycles. The van der Waals surface area contributed by atoms with Crippen molar-refractivity contribution in [1.29, 1.82) is 0 Å². The number of rotatable bonds is 5. The second-order valence-electron chi connectivity index (χ2n) is 4.45. The summed E-state index contributed by atoms with van der Waals surface area (Å²) in [7, 11) is 1.63. The fraction of sp³-hybridized carbons (Fsp3) is 0.133. The van der Waals surface area contributed by atoms with Gasteiger partial charge in [0.2, 0.25) is 5.78 Å². The van der Waals surface area contributed by atoms with Gasteiger partial charge in [-0.1, -0.05) is 11.6 Å². The van der Waals surface area contributed by atoms with Gasteiger partial charge in [0.1, 0.15) is 5.69 Å². The first-order valence-corrected chi connectivity index (χ1v) is 7.85. The maximum Gasteiger partial charge on any atom is 0.329 e. The van der Waals surface area contributed by atoms with Crippen molar-refractivity contribution in [2.45, 2.75) is 4.90 Å². The quantitative estimate of drug-likeness (QED) is 0.277. The summed E-state index contributed by atoms with van der Waals surface area (Å²) in [4.78, 5) is 28.0. The molecule has 0 aliphatic rings. The molecule has 0 amide bonds. The van der Waals surface area contributed by atoms with E-state index < -0.39 is 5.78 Å². The number of hydrogen-bond acceptors (Lipinski definition) is 3. The molecule has 22 heavy (non-hydrogen) atoms. The van der Waals surface area contributed by atoms with Gasteiger partial charge in [-0.25, -0.2) is 0 Å². The van der Waals surface area contributed by atoms with Crippen molar-refractivity contribution in [1.82, 2.24) is 4.57 Å². The third-order valence-electron chi connectivity index (χ3n) is 3.17. The van der Waals surface area contributed by atoms with E-state index in [0.717, 1.165) is 6.21 Å². The van der Waals surface area contributed by atoms with Crippen LogP contribution in [-0.4, -0.2) is 33.4 Å². The molecule has 0 N–H and O–H groups in total. The molecule has 1 heterocycles. The number of Topliss-reactive ketones (excluding diaryl/α,β-unsaturated/α-hetero) is 1. The van der Waals surface area contributed by atoms with E-state index >= 15 is 0 Å². The lowest BCUT2D eigenvalue weighted by molar-refractivity contribution is 0.00226. The molecule has 112 valence electrons. The maximum atomic E-state index is 12.7. The first-order chi connectivity index (χ1) is 10.5. The van der Waals surface area contributed by atoms with E-state index in [-0.39, 0.29) is 11.5 Å². The van der Waals surface area contributed by atoms with Gasteiger partial charge in [-0.3, -0.25) is 9.59 Å². The average Bonchev–Trinajstić information content (AvgIpc) is 2.84. The van der Waals surface area contributed by atoms with Crippen LogP contribution in [0.15, 0.2) is 35.2 Å². The van der Waals surface area contributed by atoms with Crippen LogP contribution in [0, 0.1) is 0 Å². The number of benzene rings is 1. The molecule has 0 bridgehead atoms. The molecule has 0 fully saturated rings. The number of halogens is 1. The zero-order valence-corrected chi connectivity index (χ0v) is 13.5. The summed E-state index contributed by atoms with van der Waals surface area (Å²) in [6.45, 7) is 0. The Morgan fingerprint density at radius 3 is 2.50 bits per heavy atom. The number of ketones is 2. The van der Waals surface area contributed by atoms with E-state index in [9.17, 15) is 9.59 Å². The lowest BCUT2D eigenvalue weighted by atomic mass is 10.1. The van der Waals surface area contributed by atoms with Crippen LogP contribution in [0.25, 0.3) is 5.53 Å². The molecule has 7 heteroatoms. The highest BCUT2D eigenvalue weighted by Crippen LogP contribution is 2.27. The van der Waals surface area contributed by atoms with Gasteiger partial charge in [-0.2, -0.15) is 4.79 Å². The van der Waals surface area contributed by atoms with Crippen molar-refractivity contribution in [3.63, 3.8) is 0 Å². The number of aromatic nitrogens is 1. The Bertz CT molecular complexity index is 790. The van der Waals surface area contributed by atoms with Gasteiger partial charge in [0, 0.05) is 22.5 Å². The van der Waals surface area contributed by atoms with E-state index in [1.807, 2.05) is 6.26 Å². The molecule has 0 spiro atoms. The first kappa shape index (κ1) is 16.2. The minimum absolute atomic E-state index is 0.205. The third-order valence-corrected chi connectivity index (χ3v) is 4.17. The van der Waals surface area contributed by atoms with Gasteiger partial charge < -0.3 is 10.1 Å². The maximum absolute atomic E-state index is 12.7. The van der Waals surface area contributed by atoms with Gasteiger partial charge in [0.15, 0.2) is 0 Å². The molecule has 2 aromatic rings. The Hall–Kier alpha value is -2.14. The van der Waals surface area contributed by atoms with Crippen LogP contribution in [0.2, 0.25) is 5.02 Å². The number of hydrogen-bond donors (Lipinski definition) is 0. The first-order valence-electron chi connectivity index (χ1n) is 6.25. The predicted octanol–water partition coefficient (Wildman–Crippen LogP) is 3.11. The van der Waals surface area contributed by atoms with Gasteiger partial charge >= 0.3 is 6.21 Å². The van der Waals surface area contributed by atoms with Crippen LogP contribution < -0.4 is 0 Å². The van der Waals surface area contributed by atoms with Crippen LogP contribution in [0.5, 0.6) is 0 Å². The summed E-state index contributed by atoms with van der Waals surface area (Å²) in [5.74, 6) is -0.682. The van der Waals surface area contributed by atoms with Gasteiger partial charge in [0.05, 0.1) is 5.69 Å². The highest BCUT2D eigenvalue weighted by Gasteiger charge is 2.23. The molecule has 0 atom stereocenters. The highest BCUT2D eigenvalue weighted by molar-refractivity contribution is 7.98. The van der Waals surface area contributed by atoms with Gasteiger partial charge in [-0.15, -0.1) is 11.8 Å². The Balaban J connectivity index is 2.54. The molecular weight excluding hydrogens is 322 g/mol. The summed E-state index contributed by atoms with van der Waals surface area (Å²) in [5, 5.41) is 0.545. The van der Waals surface area contributed by atoms with Crippen molar-refractivity contribution in [3.05, 3.63) is 57.8 Å². The fourth-order valence-corrected chi connectivity index (χ4v) is 2.87. The van der Waals surface area contributed by atoms with Crippen molar-refractivity contribution in [3.8, 4) is 0 Å². The van der Waals surface area contributed by atoms with E-state index in [4.69, 9.17) is 17.1 Å². The number of carbonyl (C=O) groups is 2. The van der Waals surface area contributed by atoms with Crippen molar-refractivity contribution in [2.24, 2.45) is 7.05 Å². The molecule has 2 rings (SSSR count). The molecule has 0 unspecified atom stereocenters. The SMILES string of the molecule is CSc1cc(C(=O)C=[N+]=[N-])n(C)c1C(=O)c1ccc(Cl)cc1. The minimum Gasteiger partial charge on any atom is -0.361 e. The predicted molar refractivity (Wildman–Crippen MR) is 86.1 cm³/mol. The van der Waals surface area contributed by atoms with E-state index in [0.29, 0.717) is 21.2 Å². The summed E-state index contributed by atoms with van der Waals surface area (Å²) in [6, 6.07) is 8.16. The Morgan fingerprint density at radius 2 is 1.95 bits per heavy atom. The number of thioether (sulfide) groups is 1. The zero-order valence-electron chi connectivity index (χ0n) is 11.9. The zero-order chi connectivity index (χ0) is 16.3. The van der Waals surface area contributed by atoms with Crippen LogP contribution in [0.1, 0.15) is 26.5 Å². The summed E-state index contributed by atoms with van der Waals surface area (Å²) in [5.41, 5.74) is 9.66. The topological polar surface area (TPSA) is 75.5 Å². The fourth-order valence-electron chi connectivity index (χ4n) is 2.09. The lowest BCUT2D eigenvalue weighted by Crippen LogP contribution is -2.13. The van der Waals surface area contributed by atoms with Gasteiger partial charge in [0.25, 0.3) is 5.78 Å². The third kappa shape index (κ3) is 3.04. The van der Waals surface area contributed by atoms with Gasteiger partial charge in [-0.05, 0) is 36.6 Å². The molecule has 0 radical (unpaired) electrons. The largest absolute Gasteiger partial charge is 0.361 e. The molecule has 0 aliphatic carbocycles. The summed E-state index contributed by atoms with van der Waals surface area (Å²) in [6.07, 6.45) is 2.62. The van der Waals surface area contributed by atoms with Crippen molar-refractivity contribution in [2.75, 3.05) is 6.26 Å². The molecule has 0 aliphatic heterocycles. The lowest BCUT2D eigenvalue weighted by Gasteiger charge is -2.06. The van der Waals surface area contributed by atoms with Crippen LogP contribution >= 0.6 is 23.4 Å². The Kier molecular flexibility index (Phi) is 4.98. The monoisotopic (exact) mass is 333 g/mol. The summed E-state index contributed by atoms with van der Waals surface area (Å²) >= 11 is 7.19. The van der Waals surface area contributed by atoms with Crippen LogP contribution in [0.3, 0.4) is 0 Å². The second-order valence-corrected chi connectivity index (χ2v) is 5.73. The molecule has 0 saturated heterocycles. The second kappa shape index (κ2) is 6.75.